The molecule has 2 aromatic rings. The highest BCUT2D eigenvalue weighted by Crippen LogP contribution is 2.33. The van der Waals surface area contributed by atoms with E-state index in [9.17, 15) is 4.79 Å². The SMILES string of the molecule is COCc1ccc([C@H]2CCCN2C(=O)Nc2ccncc2)o1. The molecule has 0 radical (unpaired) electrons. The third-order valence-electron chi connectivity index (χ3n) is 3.74. The second-order valence-corrected chi connectivity index (χ2v) is 5.25. The molecule has 0 aliphatic carbocycles. The van der Waals surface area contributed by atoms with Crippen LogP contribution in [-0.4, -0.2) is 29.6 Å². The molecule has 1 atom stereocenters. The summed E-state index contributed by atoms with van der Waals surface area (Å²) in [4.78, 5) is 18.2. The average Bonchev–Trinajstić information content (AvgIpc) is 3.17. The van der Waals surface area contributed by atoms with Gasteiger partial charge in [-0.05, 0) is 37.1 Å². The van der Waals surface area contributed by atoms with Crippen LogP contribution in [0.3, 0.4) is 0 Å². The Kier molecular flexibility index (Phi) is 4.39. The second-order valence-electron chi connectivity index (χ2n) is 5.25. The van der Waals surface area contributed by atoms with Crippen molar-refractivity contribution >= 4 is 11.7 Å². The van der Waals surface area contributed by atoms with Crippen LogP contribution in [-0.2, 0) is 11.3 Å². The minimum absolute atomic E-state index is 0.0209. The lowest BCUT2D eigenvalue weighted by Gasteiger charge is -2.23. The molecule has 0 bridgehead atoms. The van der Waals surface area contributed by atoms with Gasteiger partial charge in [-0.3, -0.25) is 4.98 Å². The summed E-state index contributed by atoms with van der Waals surface area (Å²) in [6.45, 7) is 1.16. The lowest BCUT2D eigenvalue weighted by molar-refractivity contribution is 0.157. The maximum Gasteiger partial charge on any atom is 0.322 e. The normalized spacial score (nSPS) is 17.7. The topological polar surface area (TPSA) is 67.6 Å². The molecule has 0 saturated carbocycles. The second kappa shape index (κ2) is 6.62. The predicted molar refractivity (Wildman–Crippen MR) is 81.4 cm³/mol. The number of aromatic nitrogens is 1. The van der Waals surface area contributed by atoms with E-state index in [0.717, 1.165) is 36.6 Å². The van der Waals surface area contributed by atoms with Crippen LogP contribution < -0.4 is 5.32 Å². The van der Waals surface area contributed by atoms with Gasteiger partial charge in [0.15, 0.2) is 0 Å². The Hall–Kier alpha value is -2.34. The van der Waals surface area contributed by atoms with Gasteiger partial charge in [0.2, 0.25) is 0 Å². The minimum Gasteiger partial charge on any atom is -0.461 e. The molecular weight excluding hydrogens is 282 g/mol. The molecule has 1 aliphatic rings. The highest BCUT2D eigenvalue weighted by Gasteiger charge is 2.32. The first-order chi connectivity index (χ1) is 10.8. The van der Waals surface area contributed by atoms with E-state index in [1.165, 1.54) is 0 Å². The number of methoxy groups -OCH3 is 1. The molecule has 1 saturated heterocycles. The number of amides is 2. The maximum absolute atomic E-state index is 12.5. The Labute approximate surface area is 129 Å². The summed E-state index contributed by atoms with van der Waals surface area (Å²) in [7, 11) is 1.63. The number of likely N-dealkylation sites (tertiary alicyclic amines) is 1. The molecule has 1 fully saturated rings. The van der Waals surface area contributed by atoms with E-state index in [2.05, 4.69) is 10.3 Å². The van der Waals surface area contributed by atoms with Gasteiger partial charge < -0.3 is 19.4 Å². The van der Waals surface area contributed by atoms with Crippen molar-refractivity contribution in [3.8, 4) is 0 Å². The number of ether oxygens (including phenoxy) is 1. The van der Waals surface area contributed by atoms with Gasteiger partial charge in [0, 0.05) is 31.7 Å². The average molecular weight is 301 g/mol. The smallest absolute Gasteiger partial charge is 0.322 e. The number of pyridine rings is 1. The van der Waals surface area contributed by atoms with Crippen molar-refractivity contribution in [3.63, 3.8) is 0 Å². The molecule has 3 rings (SSSR count). The fraction of sp³-hybridized carbons (Fsp3) is 0.375. The molecule has 0 spiro atoms. The van der Waals surface area contributed by atoms with Crippen molar-refractivity contribution < 1.29 is 13.9 Å². The van der Waals surface area contributed by atoms with Crippen molar-refractivity contribution in [1.82, 2.24) is 9.88 Å². The number of anilines is 1. The highest BCUT2D eigenvalue weighted by atomic mass is 16.5. The zero-order valence-electron chi connectivity index (χ0n) is 12.5. The first-order valence-corrected chi connectivity index (χ1v) is 7.33. The summed E-state index contributed by atoms with van der Waals surface area (Å²) in [6, 6.07) is 7.23. The zero-order valence-corrected chi connectivity index (χ0v) is 12.5. The summed E-state index contributed by atoms with van der Waals surface area (Å²) in [5.74, 6) is 1.59. The summed E-state index contributed by atoms with van der Waals surface area (Å²) < 4.78 is 10.8. The Bertz CT molecular complexity index is 627. The van der Waals surface area contributed by atoms with Crippen LogP contribution >= 0.6 is 0 Å². The van der Waals surface area contributed by atoms with Crippen LogP contribution in [0, 0.1) is 0 Å². The van der Waals surface area contributed by atoms with Crippen molar-refractivity contribution in [2.45, 2.75) is 25.5 Å². The molecule has 22 heavy (non-hydrogen) atoms. The first-order valence-electron chi connectivity index (χ1n) is 7.33. The molecule has 0 unspecified atom stereocenters. The summed E-state index contributed by atoms with van der Waals surface area (Å²) in [6.07, 6.45) is 5.18. The van der Waals surface area contributed by atoms with Gasteiger partial charge in [0.1, 0.15) is 18.1 Å². The monoisotopic (exact) mass is 301 g/mol. The van der Waals surface area contributed by atoms with Crippen molar-refractivity contribution in [2.24, 2.45) is 0 Å². The Morgan fingerprint density at radius 1 is 1.41 bits per heavy atom. The molecule has 2 aromatic heterocycles. The van der Waals surface area contributed by atoms with Crippen LogP contribution in [0.4, 0.5) is 10.5 Å². The summed E-state index contributed by atoms with van der Waals surface area (Å²) >= 11 is 0. The van der Waals surface area contributed by atoms with Gasteiger partial charge in [-0.15, -0.1) is 0 Å². The number of nitrogens with zero attached hydrogens (tertiary/aromatic N) is 2. The highest BCUT2D eigenvalue weighted by molar-refractivity contribution is 5.89. The van der Waals surface area contributed by atoms with Gasteiger partial charge in [-0.2, -0.15) is 0 Å². The van der Waals surface area contributed by atoms with Crippen LogP contribution in [0.25, 0.3) is 0 Å². The number of urea groups is 1. The Balaban J connectivity index is 1.70. The summed E-state index contributed by atoms with van der Waals surface area (Å²) in [5.41, 5.74) is 0.741. The number of hydrogen-bond acceptors (Lipinski definition) is 4. The molecule has 1 aliphatic heterocycles. The number of hydrogen-bond donors (Lipinski definition) is 1. The number of carbonyl (C=O) groups excluding carboxylic acids is 1. The number of rotatable bonds is 4. The number of nitrogens with one attached hydrogen (secondary N) is 1. The van der Waals surface area contributed by atoms with Crippen molar-refractivity contribution in [3.05, 3.63) is 48.2 Å². The van der Waals surface area contributed by atoms with Crippen LogP contribution in [0.1, 0.15) is 30.4 Å². The van der Waals surface area contributed by atoms with Crippen LogP contribution in [0.5, 0.6) is 0 Å². The van der Waals surface area contributed by atoms with E-state index in [1.54, 1.807) is 31.6 Å². The molecule has 6 heteroatoms. The largest absolute Gasteiger partial charge is 0.461 e. The van der Waals surface area contributed by atoms with Gasteiger partial charge in [0.25, 0.3) is 0 Å². The number of furan rings is 1. The van der Waals surface area contributed by atoms with E-state index in [0.29, 0.717) is 6.61 Å². The fourth-order valence-electron chi connectivity index (χ4n) is 2.73. The van der Waals surface area contributed by atoms with Gasteiger partial charge in [0.05, 0.1) is 6.04 Å². The van der Waals surface area contributed by atoms with E-state index >= 15 is 0 Å². The van der Waals surface area contributed by atoms with E-state index in [4.69, 9.17) is 9.15 Å². The number of carbonyl (C=O) groups is 1. The zero-order chi connectivity index (χ0) is 15.4. The van der Waals surface area contributed by atoms with Gasteiger partial charge in [-0.1, -0.05) is 0 Å². The molecule has 6 nitrogen and oxygen atoms in total. The molecule has 1 N–H and O–H groups in total. The minimum atomic E-state index is -0.113. The fourth-order valence-corrected chi connectivity index (χ4v) is 2.73. The van der Waals surface area contributed by atoms with Crippen molar-refractivity contribution in [1.29, 1.82) is 0 Å². The Morgan fingerprint density at radius 2 is 2.23 bits per heavy atom. The molecule has 0 aromatic carbocycles. The Morgan fingerprint density at radius 3 is 3.00 bits per heavy atom. The quantitative estimate of drug-likeness (QED) is 0.941. The lowest BCUT2D eigenvalue weighted by atomic mass is 10.2. The van der Waals surface area contributed by atoms with Gasteiger partial charge >= 0.3 is 6.03 Å². The van der Waals surface area contributed by atoms with Gasteiger partial charge in [-0.25, -0.2) is 4.79 Å². The maximum atomic E-state index is 12.5. The van der Waals surface area contributed by atoms with E-state index in [-0.39, 0.29) is 12.1 Å². The lowest BCUT2D eigenvalue weighted by Crippen LogP contribution is -2.34. The van der Waals surface area contributed by atoms with Crippen LogP contribution in [0.15, 0.2) is 41.1 Å². The first kappa shape index (κ1) is 14.6. The third kappa shape index (κ3) is 3.12. The van der Waals surface area contributed by atoms with E-state index in [1.807, 2.05) is 17.0 Å². The summed E-state index contributed by atoms with van der Waals surface area (Å²) in [5, 5.41) is 2.90. The van der Waals surface area contributed by atoms with Crippen molar-refractivity contribution in [2.75, 3.05) is 19.0 Å². The molecule has 3 heterocycles. The van der Waals surface area contributed by atoms with E-state index < -0.39 is 0 Å². The predicted octanol–water partition coefficient (Wildman–Crippen LogP) is 3.19. The molecular formula is C16H19N3O3. The standard InChI is InChI=1S/C16H19N3O3/c1-21-11-13-4-5-15(22-13)14-3-2-10-19(14)16(20)18-12-6-8-17-9-7-12/h4-9,14H,2-3,10-11H2,1H3,(H,17,18,20)/t14-/m1/s1. The molecule has 2 amide bonds. The third-order valence-corrected chi connectivity index (χ3v) is 3.74. The van der Waals surface area contributed by atoms with Crippen LogP contribution in [0.2, 0.25) is 0 Å². The molecule has 116 valence electrons.